The number of rotatable bonds is 3. The average molecular weight is 250 g/mol. The molecule has 1 aromatic heterocycles. The van der Waals surface area contributed by atoms with Gasteiger partial charge >= 0.3 is 0 Å². The molecule has 0 amide bonds. The summed E-state index contributed by atoms with van der Waals surface area (Å²) in [5, 5.41) is 11.1. The molecule has 0 aliphatic carbocycles. The van der Waals surface area contributed by atoms with E-state index < -0.39 is 11.6 Å². The van der Waals surface area contributed by atoms with Crippen LogP contribution in [-0.2, 0) is 6.54 Å². The zero-order chi connectivity index (χ0) is 12.5. The third kappa shape index (κ3) is 1.99. The normalized spacial score (nSPS) is 15.7. The van der Waals surface area contributed by atoms with E-state index in [9.17, 15) is 8.78 Å². The zero-order valence-electron chi connectivity index (χ0n) is 9.61. The van der Waals surface area contributed by atoms with Crippen LogP contribution in [0, 0.1) is 11.6 Å². The topological polar surface area (TPSA) is 42.7 Å². The molecule has 1 fully saturated rings. The van der Waals surface area contributed by atoms with E-state index in [2.05, 4.69) is 15.6 Å². The first-order valence-corrected chi connectivity index (χ1v) is 5.77. The average Bonchev–Trinajstić information content (AvgIpc) is 2.70. The Bertz CT molecular complexity index is 543. The van der Waals surface area contributed by atoms with Gasteiger partial charge in [0.25, 0.3) is 0 Å². The lowest BCUT2D eigenvalue weighted by Crippen LogP contribution is -2.40. The van der Waals surface area contributed by atoms with Crippen LogP contribution in [0.4, 0.5) is 8.78 Å². The highest BCUT2D eigenvalue weighted by molar-refractivity contribution is 5.20. The second kappa shape index (κ2) is 4.45. The van der Waals surface area contributed by atoms with Gasteiger partial charge in [-0.05, 0) is 12.1 Å². The van der Waals surface area contributed by atoms with Gasteiger partial charge in [-0.1, -0.05) is 11.3 Å². The lowest BCUT2D eigenvalue weighted by Gasteiger charge is -2.24. The van der Waals surface area contributed by atoms with E-state index in [0.717, 1.165) is 18.8 Å². The van der Waals surface area contributed by atoms with Crippen LogP contribution in [0.1, 0.15) is 17.2 Å². The Kier molecular flexibility index (Phi) is 2.79. The summed E-state index contributed by atoms with van der Waals surface area (Å²) in [6.45, 7) is 1.82. The monoisotopic (exact) mass is 250 g/mol. The van der Waals surface area contributed by atoms with Crippen LogP contribution in [0.15, 0.2) is 24.4 Å². The first-order chi connectivity index (χ1) is 8.74. The molecule has 0 spiro atoms. The minimum absolute atomic E-state index is 0.0145. The van der Waals surface area contributed by atoms with Crippen molar-refractivity contribution in [3.63, 3.8) is 0 Å². The highest BCUT2D eigenvalue weighted by Gasteiger charge is 2.22. The van der Waals surface area contributed by atoms with Crippen molar-refractivity contribution in [2.75, 3.05) is 13.1 Å². The van der Waals surface area contributed by atoms with Gasteiger partial charge in [0.15, 0.2) is 0 Å². The summed E-state index contributed by atoms with van der Waals surface area (Å²) in [6, 6.07) is 3.83. The fraction of sp³-hybridized carbons (Fsp3) is 0.333. The molecule has 0 radical (unpaired) electrons. The van der Waals surface area contributed by atoms with E-state index in [1.54, 1.807) is 6.20 Å². The summed E-state index contributed by atoms with van der Waals surface area (Å²) in [6.07, 6.45) is 1.75. The van der Waals surface area contributed by atoms with Gasteiger partial charge in [0.05, 0.1) is 12.2 Å². The maximum absolute atomic E-state index is 13.5. The lowest BCUT2D eigenvalue weighted by molar-refractivity contribution is 0.439. The molecule has 1 aliphatic heterocycles. The summed E-state index contributed by atoms with van der Waals surface area (Å²) >= 11 is 0. The number of benzene rings is 1. The zero-order valence-corrected chi connectivity index (χ0v) is 9.61. The number of nitrogens with one attached hydrogen (secondary N) is 1. The molecule has 1 saturated heterocycles. The molecule has 0 bridgehead atoms. The summed E-state index contributed by atoms with van der Waals surface area (Å²) in [5.41, 5.74) is 0.881. The highest BCUT2D eigenvalue weighted by Crippen LogP contribution is 2.18. The quantitative estimate of drug-likeness (QED) is 0.892. The molecule has 2 heterocycles. The molecule has 1 aromatic carbocycles. The van der Waals surface area contributed by atoms with Crippen molar-refractivity contribution in [1.82, 2.24) is 20.3 Å². The molecule has 1 N–H and O–H groups in total. The van der Waals surface area contributed by atoms with Crippen molar-refractivity contribution in [3.8, 4) is 0 Å². The number of nitrogens with zero attached hydrogens (tertiary/aromatic N) is 3. The molecular weight excluding hydrogens is 238 g/mol. The largest absolute Gasteiger partial charge is 0.315 e. The predicted octanol–water partition coefficient (Wildman–Crippen LogP) is 1.29. The first kappa shape index (κ1) is 11.3. The van der Waals surface area contributed by atoms with Gasteiger partial charge in [0.1, 0.15) is 11.6 Å². The molecule has 94 valence electrons. The van der Waals surface area contributed by atoms with Gasteiger partial charge < -0.3 is 5.32 Å². The molecule has 18 heavy (non-hydrogen) atoms. The first-order valence-electron chi connectivity index (χ1n) is 5.77. The Morgan fingerprint density at radius 2 is 2.00 bits per heavy atom. The Morgan fingerprint density at radius 3 is 2.61 bits per heavy atom. The fourth-order valence-electron chi connectivity index (χ4n) is 1.92. The molecule has 0 unspecified atom stereocenters. The van der Waals surface area contributed by atoms with Crippen LogP contribution >= 0.6 is 0 Å². The highest BCUT2D eigenvalue weighted by atomic mass is 19.1. The van der Waals surface area contributed by atoms with E-state index in [0.29, 0.717) is 5.92 Å². The third-order valence-corrected chi connectivity index (χ3v) is 3.14. The lowest BCUT2D eigenvalue weighted by atomic mass is 10.0. The number of hydrogen-bond acceptors (Lipinski definition) is 3. The van der Waals surface area contributed by atoms with Crippen LogP contribution in [0.5, 0.6) is 0 Å². The Morgan fingerprint density at radius 1 is 1.28 bits per heavy atom. The minimum atomic E-state index is -0.558. The molecular formula is C12H12F2N4. The molecule has 6 heteroatoms. The van der Waals surface area contributed by atoms with Gasteiger partial charge in [-0.15, -0.1) is 5.10 Å². The van der Waals surface area contributed by atoms with Crippen LogP contribution in [0.2, 0.25) is 0 Å². The Labute approximate surface area is 103 Å². The van der Waals surface area contributed by atoms with Crippen molar-refractivity contribution in [2.45, 2.75) is 12.5 Å². The summed E-state index contributed by atoms with van der Waals surface area (Å²) in [5.74, 6) is -0.751. The SMILES string of the molecule is Fc1cccc(F)c1Cn1cc(C2CNC2)nn1. The molecule has 4 nitrogen and oxygen atoms in total. The Hall–Kier alpha value is -1.82. The molecule has 1 aliphatic rings. The van der Waals surface area contributed by atoms with Crippen LogP contribution < -0.4 is 5.32 Å². The van der Waals surface area contributed by atoms with Crippen molar-refractivity contribution in [1.29, 1.82) is 0 Å². The maximum Gasteiger partial charge on any atom is 0.131 e. The van der Waals surface area contributed by atoms with E-state index >= 15 is 0 Å². The van der Waals surface area contributed by atoms with Gasteiger partial charge in [-0.3, -0.25) is 0 Å². The second-order valence-electron chi connectivity index (χ2n) is 4.40. The predicted molar refractivity (Wildman–Crippen MR) is 61.1 cm³/mol. The standard InChI is InChI=1S/C12H12F2N4/c13-10-2-1-3-11(14)9(10)6-18-7-12(16-17-18)8-4-15-5-8/h1-3,7-8,15H,4-6H2. The molecule has 2 aromatic rings. The van der Waals surface area contributed by atoms with Crippen molar-refractivity contribution < 1.29 is 8.78 Å². The van der Waals surface area contributed by atoms with E-state index in [1.807, 2.05) is 0 Å². The van der Waals surface area contributed by atoms with Crippen LogP contribution in [0.25, 0.3) is 0 Å². The van der Waals surface area contributed by atoms with E-state index in [4.69, 9.17) is 0 Å². The van der Waals surface area contributed by atoms with Gasteiger partial charge in [0, 0.05) is 30.8 Å². The van der Waals surface area contributed by atoms with Crippen molar-refractivity contribution >= 4 is 0 Å². The third-order valence-electron chi connectivity index (χ3n) is 3.14. The number of aromatic nitrogens is 3. The van der Waals surface area contributed by atoms with Crippen LogP contribution in [-0.4, -0.2) is 28.1 Å². The summed E-state index contributed by atoms with van der Waals surface area (Å²) < 4.78 is 28.4. The second-order valence-corrected chi connectivity index (χ2v) is 4.40. The maximum atomic E-state index is 13.5. The fourth-order valence-corrected chi connectivity index (χ4v) is 1.92. The van der Waals surface area contributed by atoms with Gasteiger partial charge in [-0.25, -0.2) is 13.5 Å². The summed E-state index contributed by atoms with van der Waals surface area (Å²) in [7, 11) is 0. The number of hydrogen-bond donors (Lipinski definition) is 1. The minimum Gasteiger partial charge on any atom is -0.315 e. The van der Waals surface area contributed by atoms with Gasteiger partial charge in [0.2, 0.25) is 0 Å². The van der Waals surface area contributed by atoms with E-state index in [-0.39, 0.29) is 12.1 Å². The van der Waals surface area contributed by atoms with Crippen LogP contribution in [0.3, 0.4) is 0 Å². The summed E-state index contributed by atoms with van der Waals surface area (Å²) in [4.78, 5) is 0. The van der Waals surface area contributed by atoms with E-state index in [1.165, 1.54) is 22.9 Å². The Balaban J connectivity index is 1.81. The molecule has 3 rings (SSSR count). The molecule has 0 saturated carbocycles. The molecule has 0 atom stereocenters. The van der Waals surface area contributed by atoms with Crippen molar-refractivity contribution in [3.05, 3.63) is 47.3 Å². The smallest absolute Gasteiger partial charge is 0.131 e. The number of halogens is 2. The van der Waals surface area contributed by atoms with Crippen molar-refractivity contribution in [2.24, 2.45) is 0 Å². The van der Waals surface area contributed by atoms with Gasteiger partial charge in [-0.2, -0.15) is 0 Å².